The summed E-state index contributed by atoms with van der Waals surface area (Å²) in [6.45, 7) is 0.804. The van der Waals surface area contributed by atoms with E-state index in [2.05, 4.69) is 12.1 Å². The number of carbonyl (C=O) groups excluding carboxylic acids is 1. The number of nitrogens with zero attached hydrogens (tertiary/aromatic N) is 1. The molecule has 0 spiro atoms. The smallest absolute Gasteiger partial charge is 0.226 e. The number of rotatable bonds is 3. The lowest BCUT2D eigenvalue weighted by Crippen LogP contribution is -2.50. The molecule has 2 fully saturated rings. The number of piperidine rings is 1. The summed E-state index contributed by atoms with van der Waals surface area (Å²) < 4.78 is 0. The highest BCUT2D eigenvalue weighted by molar-refractivity contribution is 7.80. The van der Waals surface area contributed by atoms with Crippen LogP contribution < -0.4 is 5.73 Å². The van der Waals surface area contributed by atoms with Crippen LogP contribution in [0.1, 0.15) is 37.2 Å². The first-order valence-electron chi connectivity index (χ1n) is 7.33. The van der Waals surface area contributed by atoms with E-state index in [9.17, 15) is 4.79 Å². The summed E-state index contributed by atoms with van der Waals surface area (Å²) in [5, 5.41) is 0. The van der Waals surface area contributed by atoms with Gasteiger partial charge in [-0.25, -0.2) is 0 Å². The minimum Gasteiger partial charge on any atom is -0.392 e. The number of likely N-dealkylation sites (tertiary alicyclic amines) is 1. The van der Waals surface area contributed by atoms with E-state index in [1.165, 1.54) is 5.56 Å². The standard InChI is InChI=1S/C16H20N2OS/c17-15(20)14-8-4-5-9-18(14)16(19)13-10-12(13)11-6-2-1-3-7-11/h1-3,6-7,12-14H,4-5,8-10H2,(H2,17,20). The number of thiocarbonyl (C=S) groups is 1. The molecule has 1 aromatic carbocycles. The summed E-state index contributed by atoms with van der Waals surface area (Å²) in [5.41, 5.74) is 7.07. The minimum absolute atomic E-state index is 0.0247. The van der Waals surface area contributed by atoms with Gasteiger partial charge in [0.15, 0.2) is 0 Å². The first-order chi connectivity index (χ1) is 9.68. The summed E-state index contributed by atoms with van der Waals surface area (Å²) in [7, 11) is 0. The lowest BCUT2D eigenvalue weighted by Gasteiger charge is -2.35. The highest BCUT2D eigenvalue weighted by atomic mass is 32.1. The van der Waals surface area contributed by atoms with Crippen molar-refractivity contribution in [2.75, 3.05) is 6.54 Å². The normalized spacial score (nSPS) is 29.0. The lowest BCUT2D eigenvalue weighted by molar-refractivity contribution is -0.134. The Bertz CT molecular complexity index is 516. The summed E-state index contributed by atoms with van der Waals surface area (Å²) in [6, 6.07) is 10.3. The van der Waals surface area contributed by atoms with E-state index in [-0.39, 0.29) is 17.9 Å². The van der Waals surface area contributed by atoms with Crippen molar-refractivity contribution in [2.24, 2.45) is 11.7 Å². The molecule has 3 nitrogen and oxygen atoms in total. The van der Waals surface area contributed by atoms with Gasteiger partial charge in [-0.05, 0) is 37.2 Å². The SMILES string of the molecule is NC(=S)C1CCCCN1C(=O)C1CC1c1ccccc1. The average Bonchev–Trinajstić information content (AvgIpc) is 3.28. The van der Waals surface area contributed by atoms with Crippen molar-refractivity contribution in [1.29, 1.82) is 0 Å². The van der Waals surface area contributed by atoms with E-state index >= 15 is 0 Å². The maximum Gasteiger partial charge on any atom is 0.226 e. The molecule has 3 atom stereocenters. The summed E-state index contributed by atoms with van der Waals surface area (Å²) in [6.07, 6.45) is 4.05. The molecule has 1 saturated heterocycles. The van der Waals surface area contributed by atoms with Crippen LogP contribution in [0.4, 0.5) is 0 Å². The number of hydrogen-bond donors (Lipinski definition) is 1. The van der Waals surface area contributed by atoms with Crippen molar-refractivity contribution >= 4 is 23.1 Å². The molecular weight excluding hydrogens is 268 g/mol. The molecule has 106 valence electrons. The first kappa shape index (κ1) is 13.6. The molecule has 1 saturated carbocycles. The molecule has 4 heteroatoms. The zero-order chi connectivity index (χ0) is 14.1. The van der Waals surface area contributed by atoms with Gasteiger partial charge in [0.1, 0.15) is 0 Å². The summed E-state index contributed by atoms with van der Waals surface area (Å²) in [4.78, 5) is 15.1. The maximum atomic E-state index is 12.7. The molecule has 0 bridgehead atoms. The molecule has 20 heavy (non-hydrogen) atoms. The monoisotopic (exact) mass is 288 g/mol. The number of benzene rings is 1. The Morgan fingerprint density at radius 3 is 2.70 bits per heavy atom. The van der Waals surface area contributed by atoms with E-state index in [0.717, 1.165) is 32.2 Å². The third-order valence-corrected chi connectivity index (χ3v) is 4.72. The second-order valence-electron chi connectivity index (χ2n) is 5.80. The van der Waals surface area contributed by atoms with Crippen LogP contribution in [0.25, 0.3) is 0 Å². The molecule has 1 aliphatic heterocycles. The van der Waals surface area contributed by atoms with Gasteiger partial charge in [-0.15, -0.1) is 0 Å². The summed E-state index contributed by atoms with van der Waals surface area (Å²) >= 11 is 5.13. The van der Waals surface area contributed by atoms with Crippen LogP contribution in [0.5, 0.6) is 0 Å². The van der Waals surface area contributed by atoms with Crippen LogP contribution in [0.15, 0.2) is 30.3 Å². The fourth-order valence-corrected chi connectivity index (χ4v) is 3.49. The van der Waals surface area contributed by atoms with Gasteiger partial charge < -0.3 is 10.6 Å². The zero-order valence-corrected chi connectivity index (χ0v) is 12.3. The molecule has 1 aromatic rings. The summed E-state index contributed by atoms with van der Waals surface area (Å²) in [5.74, 6) is 0.765. The Kier molecular flexibility index (Phi) is 3.74. The molecule has 3 rings (SSSR count). The van der Waals surface area contributed by atoms with Crippen LogP contribution in [0.3, 0.4) is 0 Å². The molecule has 1 amide bonds. The lowest BCUT2D eigenvalue weighted by atomic mass is 10.0. The van der Waals surface area contributed by atoms with Gasteiger partial charge in [-0.3, -0.25) is 4.79 Å². The minimum atomic E-state index is -0.0247. The van der Waals surface area contributed by atoms with E-state index in [1.807, 2.05) is 23.1 Å². The van der Waals surface area contributed by atoms with Crippen LogP contribution in [0, 0.1) is 5.92 Å². The first-order valence-corrected chi connectivity index (χ1v) is 7.74. The molecule has 0 aromatic heterocycles. The van der Waals surface area contributed by atoms with E-state index in [4.69, 9.17) is 18.0 Å². The van der Waals surface area contributed by atoms with E-state index in [1.54, 1.807) is 0 Å². The quantitative estimate of drug-likeness (QED) is 0.869. The van der Waals surface area contributed by atoms with Gasteiger partial charge in [0.25, 0.3) is 0 Å². The topological polar surface area (TPSA) is 46.3 Å². The predicted octanol–water partition coefficient (Wildman–Crippen LogP) is 2.46. The predicted molar refractivity (Wildman–Crippen MR) is 83.4 cm³/mol. The largest absolute Gasteiger partial charge is 0.392 e. The van der Waals surface area contributed by atoms with Crippen molar-refractivity contribution in [1.82, 2.24) is 4.90 Å². The molecule has 2 aliphatic rings. The van der Waals surface area contributed by atoms with Gasteiger partial charge in [0.05, 0.1) is 11.0 Å². The van der Waals surface area contributed by atoms with Gasteiger partial charge in [-0.2, -0.15) is 0 Å². The second kappa shape index (κ2) is 5.52. The Morgan fingerprint density at radius 1 is 1.25 bits per heavy atom. The van der Waals surface area contributed by atoms with Crippen LogP contribution in [-0.2, 0) is 4.79 Å². The Balaban J connectivity index is 1.69. The Labute approximate surface area is 125 Å². The number of hydrogen-bond acceptors (Lipinski definition) is 2. The van der Waals surface area contributed by atoms with Crippen molar-refractivity contribution in [3.05, 3.63) is 35.9 Å². The molecule has 3 unspecified atom stereocenters. The molecule has 2 N–H and O–H groups in total. The van der Waals surface area contributed by atoms with Gasteiger partial charge >= 0.3 is 0 Å². The molecule has 1 heterocycles. The highest BCUT2D eigenvalue weighted by Gasteiger charge is 2.47. The third-order valence-electron chi connectivity index (χ3n) is 4.45. The average molecular weight is 288 g/mol. The number of nitrogens with two attached hydrogens (primary N) is 1. The van der Waals surface area contributed by atoms with Gasteiger partial charge in [0, 0.05) is 12.5 Å². The van der Waals surface area contributed by atoms with Crippen LogP contribution in [0.2, 0.25) is 0 Å². The fraction of sp³-hybridized carbons (Fsp3) is 0.500. The van der Waals surface area contributed by atoms with Gasteiger partial charge in [-0.1, -0.05) is 42.5 Å². The molecule has 0 radical (unpaired) electrons. The fourth-order valence-electron chi connectivity index (χ4n) is 3.24. The van der Waals surface area contributed by atoms with Gasteiger partial charge in [0.2, 0.25) is 5.91 Å². The third kappa shape index (κ3) is 2.57. The molecular formula is C16H20N2OS. The van der Waals surface area contributed by atoms with Crippen molar-refractivity contribution in [3.63, 3.8) is 0 Å². The van der Waals surface area contributed by atoms with Crippen LogP contribution >= 0.6 is 12.2 Å². The van der Waals surface area contributed by atoms with Crippen molar-refractivity contribution in [3.8, 4) is 0 Å². The van der Waals surface area contributed by atoms with Crippen LogP contribution in [-0.4, -0.2) is 28.4 Å². The molecule has 1 aliphatic carbocycles. The Morgan fingerprint density at radius 2 is 2.00 bits per heavy atom. The van der Waals surface area contributed by atoms with Crippen molar-refractivity contribution < 1.29 is 4.79 Å². The van der Waals surface area contributed by atoms with Crippen molar-refractivity contribution in [2.45, 2.75) is 37.6 Å². The second-order valence-corrected chi connectivity index (χ2v) is 6.28. The highest BCUT2D eigenvalue weighted by Crippen LogP contribution is 2.48. The van der Waals surface area contributed by atoms with E-state index < -0.39 is 0 Å². The number of carbonyl (C=O) groups is 1. The number of amides is 1. The van der Waals surface area contributed by atoms with E-state index in [0.29, 0.717) is 10.9 Å². The Hall–Kier alpha value is -1.42. The zero-order valence-electron chi connectivity index (χ0n) is 11.5. The maximum absolute atomic E-state index is 12.7.